The quantitative estimate of drug-likeness (QED) is 0.528. The third-order valence-electron chi connectivity index (χ3n) is 4.97. The first-order valence-electron chi connectivity index (χ1n) is 9.52. The second-order valence-corrected chi connectivity index (χ2v) is 6.86. The SMILES string of the molecule is CCOc1ccc(-n2c(C)cn3c4c(=O)n(CCCO)c(=O)n(C)c4nc23)cc1. The van der Waals surface area contributed by atoms with E-state index in [1.54, 1.807) is 11.4 Å². The monoisotopic (exact) mass is 397 g/mol. The number of ether oxygens (including phenoxy) is 1. The molecule has 4 aromatic rings. The molecule has 9 nitrogen and oxygen atoms in total. The first kappa shape index (κ1) is 19.0. The van der Waals surface area contributed by atoms with Gasteiger partial charge in [0.2, 0.25) is 5.78 Å². The van der Waals surface area contributed by atoms with Crippen molar-refractivity contribution in [1.29, 1.82) is 0 Å². The minimum atomic E-state index is -0.443. The van der Waals surface area contributed by atoms with E-state index in [0.717, 1.165) is 21.7 Å². The Morgan fingerprint density at radius 3 is 2.55 bits per heavy atom. The van der Waals surface area contributed by atoms with Gasteiger partial charge in [0.15, 0.2) is 11.2 Å². The van der Waals surface area contributed by atoms with E-state index in [1.807, 2.05) is 48.9 Å². The predicted octanol–water partition coefficient (Wildman–Crippen LogP) is 1.23. The van der Waals surface area contributed by atoms with Gasteiger partial charge >= 0.3 is 5.69 Å². The molecule has 3 heterocycles. The molecule has 0 unspecified atom stereocenters. The number of benzene rings is 1. The average Bonchev–Trinajstić information content (AvgIpc) is 3.22. The van der Waals surface area contributed by atoms with Gasteiger partial charge in [0, 0.05) is 37.8 Å². The molecule has 0 aliphatic carbocycles. The summed E-state index contributed by atoms with van der Waals surface area (Å²) >= 11 is 0. The van der Waals surface area contributed by atoms with Gasteiger partial charge in [0.25, 0.3) is 5.56 Å². The summed E-state index contributed by atoms with van der Waals surface area (Å²) in [7, 11) is 1.60. The van der Waals surface area contributed by atoms with Crippen molar-refractivity contribution < 1.29 is 9.84 Å². The highest BCUT2D eigenvalue weighted by Crippen LogP contribution is 2.22. The van der Waals surface area contributed by atoms with Crippen molar-refractivity contribution in [2.24, 2.45) is 7.05 Å². The highest BCUT2D eigenvalue weighted by Gasteiger charge is 2.20. The van der Waals surface area contributed by atoms with Gasteiger partial charge in [-0.3, -0.25) is 22.9 Å². The van der Waals surface area contributed by atoms with E-state index in [9.17, 15) is 9.59 Å². The van der Waals surface area contributed by atoms with Crippen molar-refractivity contribution in [3.8, 4) is 11.4 Å². The van der Waals surface area contributed by atoms with E-state index >= 15 is 0 Å². The highest BCUT2D eigenvalue weighted by molar-refractivity contribution is 5.76. The molecule has 0 aliphatic rings. The minimum Gasteiger partial charge on any atom is -0.494 e. The molecule has 0 spiro atoms. The Bertz CT molecular complexity index is 1310. The van der Waals surface area contributed by atoms with Crippen molar-refractivity contribution in [2.45, 2.75) is 26.8 Å². The van der Waals surface area contributed by atoms with Crippen LogP contribution in [0, 0.1) is 6.92 Å². The van der Waals surface area contributed by atoms with Crippen LogP contribution < -0.4 is 16.0 Å². The molecule has 3 aromatic heterocycles. The Hall–Kier alpha value is -3.33. The topological polar surface area (TPSA) is 95.7 Å². The van der Waals surface area contributed by atoms with Crippen LogP contribution in [0.2, 0.25) is 0 Å². The molecule has 0 atom stereocenters. The summed E-state index contributed by atoms with van der Waals surface area (Å²) in [5.74, 6) is 1.33. The van der Waals surface area contributed by atoms with E-state index in [0.29, 0.717) is 30.0 Å². The Morgan fingerprint density at radius 2 is 1.90 bits per heavy atom. The van der Waals surface area contributed by atoms with Crippen LogP contribution in [0.4, 0.5) is 0 Å². The third kappa shape index (κ3) is 2.94. The first-order chi connectivity index (χ1) is 14.0. The summed E-state index contributed by atoms with van der Waals surface area (Å²) in [5.41, 5.74) is 1.59. The fourth-order valence-electron chi connectivity index (χ4n) is 3.61. The average molecular weight is 397 g/mol. The number of aromatic nitrogens is 5. The van der Waals surface area contributed by atoms with Crippen LogP contribution >= 0.6 is 0 Å². The molecule has 29 heavy (non-hydrogen) atoms. The summed E-state index contributed by atoms with van der Waals surface area (Å²) in [6.07, 6.45) is 2.16. The maximum atomic E-state index is 13.0. The number of aryl methyl sites for hydroxylation is 2. The van der Waals surface area contributed by atoms with Crippen LogP contribution in [0.1, 0.15) is 19.0 Å². The largest absolute Gasteiger partial charge is 0.494 e. The van der Waals surface area contributed by atoms with Gasteiger partial charge in [-0.05, 0) is 44.5 Å². The standard InChI is InChI=1S/C20H23N5O4/c1-4-29-15-8-6-14(7-9-15)25-13(2)12-24-16-17(21-19(24)25)22(3)20(28)23(18(16)27)10-5-11-26/h6-9,12,26H,4-5,10-11H2,1-3H3. The van der Waals surface area contributed by atoms with E-state index in [4.69, 9.17) is 9.84 Å². The number of hydrogen-bond donors (Lipinski definition) is 1. The van der Waals surface area contributed by atoms with Crippen LogP contribution in [0.25, 0.3) is 22.6 Å². The predicted molar refractivity (Wildman–Crippen MR) is 109 cm³/mol. The molecule has 1 N–H and O–H groups in total. The molecule has 0 saturated heterocycles. The maximum Gasteiger partial charge on any atom is 0.332 e. The first-order valence-corrected chi connectivity index (χ1v) is 9.52. The molecule has 4 rings (SSSR count). The Balaban J connectivity index is 1.97. The van der Waals surface area contributed by atoms with Gasteiger partial charge in [-0.25, -0.2) is 4.79 Å². The van der Waals surface area contributed by atoms with Gasteiger partial charge in [-0.15, -0.1) is 0 Å². The van der Waals surface area contributed by atoms with Crippen LogP contribution in [0.5, 0.6) is 5.75 Å². The van der Waals surface area contributed by atoms with E-state index < -0.39 is 11.2 Å². The maximum absolute atomic E-state index is 13.0. The lowest BCUT2D eigenvalue weighted by Crippen LogP contribution is -2.39. The molecule has 0 radical (unpaired) electrons. The Labute approximate surface area is 166 Å². The second kappa shape index (κ2) is 7.25. The molecule has 152 valence electrons. The van der Waals surface area contributed by atoms with Crippen molar-refractivity contribution in [3.63, 3.8) is 0 Å². The highest BCUT2D eigenvalue weighted by atomic mass is 16.5. The van der Waals surface area contributed by atoms with E-state index in [-0.39, 0.29) is 13.2 Å². The number of hydrogen-bond acceptors (Lipinski definition) is 5. The van der Waals surface area contributed by atoms with Gasteiger partial charge in [0.05, 0.1) is 6.61 Å². The fourth-order valence-corrected chi connectivity index (χ4v) is 3.61. The number of rotatable bonds is 6. The van der Waals surface area contributed by atoms with Crippen LogP contribution in [0.15, 0.2) is 40.1 Å². The van der Waals surface area contributed by atoms with Crippen LogP contribution in [-0.2, 0) is 13.6 Å². The van der Waals surface area contributed by atoms with Crippen molar-refractivity contribution in [2.75, 3.05) is 13.2 Å². The Kier molecular flexibility index (Phi) is 4.75. The normalized spacial score (nSPS) is 11.6. The van der Waals surface area contributed by atoms with Crippen molar-refractivity contribution in [1.82, 2.24) is 23.1 Å². The molecular weight excluding hydrogens is 374 g/mol. The molecule has 0 saturated carbocycles. The lowest BCUT2D eigenvalue weighted by Gasteiger charge is -2.08. The lowest BCUT2D eigenvalue weighted by atomic mass is 10.3. The van der Waals surface area contributed by atoms with Gasteiger partial charge in [0.1, 0.15) is 5.75 Å². The van der Waals surface area contributed by atoms with Crippen LogP contribution in [0.3, 0.4) is 0 Å². The Morgan fingerprint density at radius 1 is 1.17 bits per heavy atom. The zero-order valence-electron chi connectivity index (χ0n) is 16.6. The number of aliphatic hydroxyl groups excluding tert-OH is 1. The summed E-state index contributed by atoms with van der Waals surface area (Å²) < 4.78 is 11.7. The number of aliphatic hydroxyl groups is 1. The summed E-state index contributed by atoms with van der Waals surface area (Å²) in [6.45, 7) is 4.52. The molecule has 9 heteroatoms. The van der Waals surface area contributed by atoms with Crippen molar-refractivity contribution in [3.05, 3.63) is 57.0 Å². The number of fused-ring (bicyclic) bond motifs is 3. The zero-order chi connectivity index (χ0) is 20.7. The van der Waals surface area contributed by atoms with Gasteiger partial charge < -0.3 is 9.84 Å². The molecular formula is C20H23N5O4. The summed E-state index contributed by atoms with van der Waals surface area (Å²) in [4.78, 5) is 30.2. The summed E-state index contributed by atoms with van der Waals surface area (Å²) in [5, 5.41) is 9.09. The van der Waals surface area contributed by atoms with Crippen molar-refractivity contribution >= 4 is 16.9 Å². The number of imidazole rings is 2. The van der Waals surface area contributed by atoms with Crippen LogP contribution in [-0.4, -0.2) is 41.4 Å². The van der Waals surface area contributed by atoms with Gasteiger partial charge in [-0.2, -0.15) is 4.98 Å². The lowest BCUT2D eigenvalue weighted by molar-refractivity contribution is 0.277. The molecule has 0 aliphatic heterocycles. The third-order valence-corrected chi connectivity index (χ3v) is 4.97. The smallest absolute Gasteiger partial charge is 0.332 e. The molecule has 0 amide bonds. The van der Waals surface area contributed by atoms with E-state index in [2.05, 4.69) is 4.98 Å². The molecule has 0 bridgehead atoms. The minimum absolute atomic E-state index is 0.0946. The zero-order valence-corrected chi connectivity index (χ0v) is 16.6. The fraction of sp³-hybridized carbons (Fsp3) is 0.350. The summed E-state index contributed by atoms with van der Waals surface area (Å²) in [6, 6.07) is 7.62. The van der Waals surface area contributed by atoms with E-state index in [1.165, 1.54) is 4.57 Å². The molecule has 1 aromatic carbocycles. The molecule has 0 fully saturated rings. The number of nitrogens with zero attached hydrogens (tertiary/aromatic N) is 5. The van der Waals surface area contributed by atoms with Gasteiger partial charge in [-0.1, -0.05) is 0 Å². The second-order valence-electron chi connectivity index (χ2n) is 6.86.